The van der Waals surface area contributed by atoms with E-state index in [0.29, 0.717) is 5.76 Å². The van der Waals surface area contributed by atoms with E-state index < -0.39 is 71.0 Å². The molecular formula is C34H28O8. The molecule has 5 fully saturated rings. The minimum atomic E-state index is -1.45. The van der Waals surface area contributed by atoms with Gasteiger partial charge in [0.25, 0.3) is 0 Å². The Hall–Kier alpha value is -4.46. The van der Waals surface area contributed by atoms with Gasteiger partial charge in [-0.25, -0.2) is 0 Å². The smallest absolute Gasteiger partial charge is 0.306 e. The Kier molecular flexibility index (Phi) is 5.42. The molecule has 3 aliphatic heterocycles. The highest BCUT2D eigenvalue weighted by molar-refractivity contribution is 6.07. The lowest BCUT2D eigenvalue weighted by atomic mass is 9.41. The van der Waals surface area contributed by atoms with Crippen LogP contribution in [0.1, 0.15) is 36.5 Å². The molecule has 3 unspecified atom stereocenters. The van der Waals surface area contributed by atoms with E-state index in [2.05, 4.69) is 0 Å². The Balaban J connectivity index is 1.28. The largest absolute Gasteiger partial charge is 0.508 e. The summed E-state index contributed by atoms with van der Waals surface area (Å²) >= 11 is 0. The summed E-state index contributed by atoms with van der Waals surface area (Å²) in [5.41, 5.74) is 0.320. The van der Waals surface area contributed by atoms with Crippen LogP contribution in [0.4, 0.5) is 0 Å². The fraction of sp³-hybridized carbons (Fsp3) is 0.353. The number of fused-ring (bicyclic) bond motifs is 1. The van der Waals surface area contributed by atoms with Crippen molar-refractivity contribution in [3.63, 3.8) is 0 Å². The SMILES string of the molecule is O=C1C[C@@H]2C(=C(O)/C=C/c3ccccc3)C(=O)C3[C@@H](C4C=C5O[C@@H](c6ccccc6)CC(=O)C53[C@H]3CC(=O)O[C@@H]43)[C@@H]2O1. The van der Waals surface area contributed by atoms with Crippen LogP contribution >= 0.6 is 0 Å². The summed E-state index contributed by atoms with van der Waals surface area (Å²) in [7, 11) is 0. The molecule has 0 amide bonds. The van der Waals surface area contributed by atoms with E-state index >= 15 is 0 Å². The van der Waals surface area contributed by atoms with Crippen molar-refractivity contribution in [2.45, 2.75) is 37.6 Å². The standard InChI is InChI=1S/C34H28O8/c35-22(12-11-17-7-3-1-4-8-17)28-20-14-26(37)42-33(20)29-19-13-25-34(30(29)31(28)39,21-15-27(38)41-32(19)21)24(36)16-23(40-25)18-9-5-2-6-10-18/h1-13,19-21,23,29-30,32-33,35H,14-16H2/b12-11+,28-22?/t19?,20-,21+,23-,29-,30?,32+,33-,34?/m1/s1. The van der Waals surface area contributed by atoms with Gasteiger partial charge in [0.05, 0.1) is 12.8 Å². The van der Waals surface area contributed by atoms with Gasteiger partial charge >= 0.3 is 11.9 Å². The number of allylic oxidation sites excluding steroid dienone is 2. The van der Waals surface area contributed by atoms with E-state index in [1.807, 2.05) is 66.7 Å². The second-order valence-corrected chi connectivity index (χ2v) is 12.1. The highest BCUT2D eigenvalue weighted by Crippen LogP contribution is 2.70. The van der Waals surface area contributed by atoms with Crippen molar-refractivity contribution in [2.24, 2.45) is 35.0 Å². The van der Waals surface area contributed by atoms with E-state index in [9.17, 15) is 24.3 Å². The quantitative estimate of drug-likeness (QED) is 0.331. The predicted octanol–water partition coefficient (Wildman–Crippen LogP) is 4.43. The van der Waals surface area contributed by atoms with Gasteiger partial charge in [-0.15, -0.1) is 0 Å². The number of esters is 2. The Morgan fingerprint density at radius 2 is 1.52 bits per heavy atom. The molecule has 4 aliphatic carbocycles. The number of hydrogen-bond donors (Lipinski definition) is 1. The molecule has 3 saturated heterocycles. The molecule has 8 nitrogen and oxygen atoms in total. The average Bonchev–Trinajstić information content (AvgIpc) is 3.59. The van der Waals surface area contributed by atoms with Crippen LogP contribution in [-0.4, -0.2) is 40.8 Å². The zero-order valence-electron chi connectivity index (χ0n) is 22.6. The van der Waals surface area contributed by atoms with Crippen molar-refractivity contribution in [3.8, 4) is 0 Å². The summed E-state index contributed by atoms with van der Waals surface area (Å²) in [6.45, 7) is 0. The number of carbonyl (C=O) groups excluding carboxylic acids is 4. The summed E-state index contributed by atoms with van der Waals surface area (Å²) in [5, 5.41) is 11.4. The zero-order chi connectivity index (χ0) is 28.7. The summed E-state index contributed by atoms with van der Waals surface area (Å²) in [4.78, 5) is 54.7. The van der Waals surface area contributed by atoms with Crippen molar-refractivity contribution < 1.29 is 38.5 Å². The highest BCUT2D eigenvalue weighted by atomic mass is 16.6. The Labute approximate surface area is 241 Å². The number of ketones is 2. The first kappa shape index (κ1) is 25.3. The Morgan fingerprint density at radius 1 is 0.833 bits per heavy atom. The molecule has 212 valence electrons. The first-order valence-corrected chi connectivity index (χ1v) is 14.4. The molecule has 1 spiro atoms. The monoisotopic (exact) mass is 564 g/mol. The zero-order valence-corrected chi connectivity index (χ0v) is 22.6. The van der Waals surface area contributed by atoms with Crippen LogP contribution in [0, 0.1) is 35.0 Å². The summed E-state index contributed by atoms with van der Waals surface area (Å²) in [6, 6.07) is 18.8. The van der Waals surface area contributed by atoms with Crippen LogP contribution in [0.5, 0.6) is 0 Å². The third kappa shape index (κ3) is 3.35. The topological polar surface area (TPSA) is 116 Å². The van der Waals surface area contributed by atoms with Gasteiger partial charge in [-0.3, -0.25) is 19.2 Å². The lowest BCUT2D eigenvalue weighted by molar-refractivity contribution is -0.197. The predicted molar refractivity (Wildman–Crippen MR) is 147 cm³/mol. The number of Topliss-reactive ketones (excluding diaryl/α,β-unsaturated/α-hetero) is 2. The van der Waals surface area contributed by atoms with Gasteiger partial charge in [-0.05, 0) is 23.3 Å². The molecule has 2 saturated carbocycles. The molecule has 3 heterocycles. The first-order chi connectivity index (χ1) is 20.4. The Morgan fingerprint density at radius 3 is 2.29 bits per heavy atom. The number of rotatable bonds is 3. The summed E-state index contributed by atoms with van der Waals surface area (Å²) in [6.07, 6.45) is 3.09. The van der Waals surface area contributed by atoms with Gasteiger partial charge in [0, 0.05) is 41.6 Å². The fourth-order valence-electron chi connectivity index (χ4n) is 8.69. The third-order valence-corrected chi connectivity index (χ3v) is 10.2. The van der Waals surface area contributed by atoms with E-state index in [0.717, 1.165) is 11.1 Å². The van der Waals surface area contributed by atoms with Gasteiger partial charge in [0.15, 0.2) is 11.6 Å². The molecule has 2 aromatic rings. The summed E-state index contributed by atoms with van der Waals surface area (Å²) in [5.74, 6) is -4.59. The van der Waals surface area contributed by atoms with Crippen LogP contribution in [-0.2, 0) is 33.4 Å². The first-order valence-electron chi connectivity index (χ1n) is 14.4. The maximum Gasteiger partial charge on any atom is 0.306 e. The molecule has 0 radical (unpaired) electrons. The van der Waals surface area contributed by atoms with E-state index in [4.69, 9.17) is 14.2 Å². The summed E-state index contributed by atoms with van der Waals surface area (Å²) < 4.78 is 18.2. The number of aliphatic hydroxyl groups excluding tert-OH is 1. The van der Waals surface area contributed by atoms with Crippen LogP contribution in [0.15, 0.2) is 89.9 Å². The molecule has 2 bridgehead atoms. The van der Waals surface area contributed by atoms with Gasteiger partial charge in [-0.1, -0.05) is 66.7 Å². The van der Waals surface area contributed by atoms with Crippen LogP contribution < -0.4 is 0 Å². The normalized spacial score (nSPS) is 39.0. The maximum absolute atomic E-state index is 14.7. The molecule has 9 rings (SSSR count). The van der Waals surface area contributed by atoms with Gasteiger partial charge in [0.1, 0.15) is 35.2 Å². The van der Waals surface area contributed by atoms with Gasteiger partial charge < -0.3 is 19.3 Å². The highest BCUT2D eigenvalue weighted by Gasteiger charge is 2.77. The minimum Gasteiger partial charge on any atom is -0.508 e. The molecule has 2 aromatic carbocycles. The van der Waals surface area contributed by atoms with E-state index in [1.165, 1.54) is 6.08 Å². The van der Waals surface area contributed by atoms with Gasteiger partial charge in [-0.2, -0.15) is 0 Å². The Bertz CT molecular complexity index is 1620. The second kappa shape index (κ2) is 9.02. The number of hydrogen-bond acceptors (Lipinski definition) is 8. The lowest BCUT2D eigenvalue weighted by Crippen LogP contribution is -2.69. The average molecular weight is 565 g/mol. The van der Waals surface area contributed by atoms with Crippen LogP contribution in [0.2, 0.25) is 0 Å². The molecular weight excluding hydrogens is 536 g/mol. The van der Waals surface area contributed by atoms with E-state index in [-0.39, 0.29) is 36.4 Å². The van der Waals surface area contributed by atoms with Crippen molar-refractivity contribution >= 4 is 29.6 Å². The third-order valence-electron chi connectivity index (χ3n) is 10.2. The molecule has 8 heteroatoms. The fourth-order valence-corrected chi connectivity index (χ4v) is 8.69. The number of ether oxygens (including phenoxy) is 3. The van der Waals surface area contributed by atoms with Crippen molar-refractivity contribution in [2.75, 3.05) is 0 Å². The van der Waals surface area contributed by atoms with Crippen LogP contribution in [0.25, 0.3) is 6.08 Å². The van der Waals surface area contributed by atoms with Gasteiger partial charge in [0.2, 0.25) is 0 Å². The van der Waals surface area contributed by atoms with Crippen LogP contribution in [0.3, 0.4) is 0 Å². The molecule has 42 heavy (non-hydrogen) atoms. The lowest BCUT2D eigenvalue weighted by Gasteiger charge is -2.62. The number of carbonyl (C=O) groups is 4. The molecule has 9 atom stereocenters. The van der Waals surface area contributed by atoms with E-state index in [1.54, 1.807) is 6.08 Å². The molecule has 1 N–H and O–H groups in total. The van der Waals surface area contributed by atoms with Crippen molar-refractivity contribution in [1.82, 2.24) is 0 Å². The second-order valence-electron chi connectivity index (χ2n) is 12.1. The number of aliphatic hydroxyl groups is 1. The maximum atomic E-state index is 14.7. The van der Waals surface area contributed by atoms with Crippen molar-refractivity contribution in [1.29, 1.82) is 0 Å². The minimum absolute atomic E-state index is 0.00701. The molecule has 7 aliphatic rings. The molecule has 0 aromatic heterocycles. The van der Waals surface area contributed by atoms with Crippen molar-refractivity contribution in [3.05, 3.63) is 101 Å². The number of benzene rings is 2.